The molecule has 0 saturated heterocycles. The number of nitrogens with zero attached hydrogens (tertiary/aromatic N) is 1. The Morgan fingerprint density at radius 2 is 1.86 bits per heavy atom. The summed E-state index contributed by atoms with van der Waals surface area (Å²) in [5, 5.41) is 3.95. The van der Waals surface area contributed by atoms with Crippen molar-refractivity contribution in [1.82, 2.24) is 5.43 Å². The lowest BCUT2D eigenvalue weighted by molar-refractivity contribution is -0.121. The Morgan fingerprint density at radius 3 is 2.55 bits per heavy atom. The van der Waals surface area contributed by atoms with Crippen molar-refractivity contribution in [3.63, 3.8) is 0 Å². The van der Waals surface area contributed by atoms with Crippen molar-refractivity contribution in [3.05, 3.63) is 65.7 Å². The Bertz CT molecular complexity index is 607. The first-order valence-corrected chi connectivity index (χ1v) is 7.28. The molecule has 0 spiro atoms. The number of carbonyl (C=O) groups excluding carboxylic acids is 1. The first-order valence-electron chi connectivity index (χ1n) is 7.28. The Labute approximate surface area is 130 Å². The topological polar surface area (TPSA) is 50.7 Å². The van der Waals surface area contributed by atoms with Gasteiger partial charge in [0.1, 0.15) is 5.75 Å². The highest BCUT2D eigenvalue weighted by Crippen LogP contribution is 2.13. The molecule has 0 fully saturated rings. The third-order valence-corrected chi connectivity index (χ3v) is 3.23. The average molecular weight is 296 g/mol. The molecule has 0 aromatic heterocycles. The maximum Gasteiger partial charge on any atom is 0.240 e. The van der Waals surface area contributed by atoms with E-state index in [4.69, 9.17) is 4.74 Å². The number of amides is 1. The largest absolute Gasteiger partial charge is 0.497 e. The molecule has 0 aliphatic rings. The summed E-state index contributed by atoms with van der Waals surface area (Å²) in [4.78, 5) is 11.7. The van der Waals surface area contributed by atoms with Crippen LogP contribution in [0, 0.1) is 0 Å². The first-order chi connectivity index (χ1) is 10.8. The second-order valence-corrected chi connectivity index (χ2v) is 4.91. The molecule has 0 unspecified atom stereocenters. The van der Waals surface area contributed by atoms with Gasteiger partial charge in [-0.15, -0.1) is 0 Å². The monoisotopic (exact) mass is 296 g/mol. The van der Waals surface area contributed by atoms with E-state index in [0.29, 0.717) is 6.42 Å². The van der Waals surface area contributed by atoms with Crippen LogP contribution in [0.5, 0.6) is 5.75 Å². The van der Waals surface area contributed by atoms with Gasteiger partial charge in [0.15, 0.2) is 0 Å². The number of benzene rings is 2. The number of hydrogen-bond acceptors (Lipinski definition) is 3. The van der Waals surface area contributed by atoms with Crippen LogP contribution in [-0.2, 0) is 11.2 Å². The van der Waals surface area contributed by atoms with E-state index in [1.54, 1.807) is 13.3 Å². The van der Waals surface area contributed by atoms with Crippen LogP contribution < -0.4 is 10.2 Å². The number of aryl methyl sites for hydroxylation is 1. The molecular formula is C18H20N2O2. The number of hydrogen-bond donors (Lipinski definition) is 1. The molecule has 2 aromatic rings. The highest BCUT2D eigenvalue weighted by Gasteiger charge is 2.00. The molecule has 22 heavy (non-hydrogen) atoms. The van der Waals surface area contributed by atoms with Crippen molar-refractivity contribution in [1.29, 1.82) is 0 Å². The lowest BCUT2D eigenvalue weighted by atomic mass is 10.1. The lowest BCUT2D eigenvalue weighted by Gasteiger charge is -2.03. The molecule has 0 saturated carbocycles. The maximum atomic E-state index is 11.7. The molecule has 0 atom stereocenters. The summed E-state index contributed by atoms with van der Waals surface area (Å²) in [6.07, 6.45) is 3.75. The summed E-state index contributed by atoms with van der Waals surface area (Å²) in [5.74, 6) is 0.775. The van der Waals surface area contributed by atoms with E-state index >= 15 is 0 Å². The van der Waals surface area contributed by atoms with Crippen molar-refractivity contribution in [2.75, 3.05) is 7.11 Å². The van der Waals surface area contributed by atoms with Gasteiger partial charge < -0.3 is 4.74 Å². The van der Waals surface area contributed by atoms with E-state index in [2.05, 4.69) is 10.5 Å². The van der Waals surface area contributed by atoms with E-state index in [1.165, 1.54) is 5.56 Å². The Kier molecular flexibility index (Phi) is 6.18. The van der Waals surface area contributed by atoms with Crippen LogP contribution in [0.3, 0.4) is 0 Å². The van der Waals surface area contributed by atoms with E-state index in [0.717, 1.165) is 24.2 Å². The fourth-order valence-corrected chi connectivity index (χ4v) is 2.02. The first kappa shape index (κ1) is 15.8. The predicted molar refractivity (Wildman–Crippen MR) is 88.1 cm³/mol. The number of methoxy groups -OCH3 is 1. The van der Waals surface area contributed by atoms with Crippen LogP contribution >= 0.6 is 0 Å². The summed E-state index contributed by atoms with van der Waals surface area (Å²) < 4.78 is 5.11. The molecule has 0 bridgehead atoms. The molecule has 0 aliphatic heterocycles. The van der Waals surface area contributed by atoms with Gasteiger partial charge >= 0.3 is 0 Å². The number of rotatable bonds is 7. The minimum Gasteiger partial charge on any atom is -0.497 e. The number of carbonyl (C=O) groups is 1. The van der Waals surface area contributed by atoms with Crippen LogP contribution in [0.1, 0.15) is 24.0 Å². The zero-order valence-electron chi connectivity index (χ0n) is 12.7. The van der Waals surface area contributed by atoms with Crippen molar-refractivity contribution >= 4 is 12.1 Å². The summed E-state index contributed by atoms with van der Waals surface area (Å²) in [5.41, 5.74) is 4.70. The maximum absolute atomic E-state index is 11.7. The van der Waals surface area contributed by atoms with Gasteiger partial charge in [-0.1, -0.05) is 42.5 Å². The molecule has 2 aromatic carbocycles. The van der Waals surface area contributed by atoms with Crippen molar-refractivity contribution < 1.29 is 9.53 Å². The fourth-order valence-electron chi connectivity index (χ4n) is 2.02. The highest BCUT2D eigenvalue weighted by atomic mass is 16.5. The van der Waals surface area contributed by atoms with Gasteiger partial charge in [-0.25, -0.2) is 5.43 Å². The second-order valence-electron chi connectivity index (χ2n) is 4.91. The summed E-state index contributed by atoms with van der Waals surface area (Å²) >= 11 is 0. The van der Waals surface area contributed by atoms with Gasteiger partial charge in [-0.2, -0.15) is 5.10 Å². The number of nitrogens with one attached hydrogen (secondary N) is 1. The molecule has 0 heterocycles. The van der Waals surface area contributed by atoms with Crippen molar-refractivity contribution in [2.24, 2.45) is 5.10 Å². The van der Waals surface area contributed by atoms with Crippen LogP contribution in [0.2, 0.25) is 0 Å². The molecule has 4 heteroatoms. The van der Waals surface area contributed by atoms with Gasteiger partial charge in [-0.05, 0) is 36.1 Å². The molecule has 1 amide bonds. The zero-order valence-corrected chi connectivity index (χ0v) is 12.7. The van der Waals surface area contributed by atoms with Gasteiger partial charge in [0.2, 0.25) is 5.91 Å². The molecule has 0 radical (unpaired) electrons. The zero-order chi connectivity index (χ0) is 15.6. The lowest BCUT2D eigenvalue weighted by Crippen LogP contribution is -2.17. The Hall–Kier alpha value is -2.62. The summed E-state index contributed by atoms with van der Waals surface area (Å²) in [6, 6.07) is 17.6. The summed E-state index contributed by atoms with van der Waals surface area (Å²) in [6.45, 7) is 0. The van der Waals surface area contributed by atoms with Crippen LogP contribution in [0.15, 0.2) is 59.7 Å². The Balaban J connectivity index is 1.68. The second kappa shape index (κ2) is 8.62. The van der Waals surface area contributed by atoms with Crippen molar-refractivity contribution in [3.8, 4) is 5.75 Å². The molecular weight excluding hydrogens is 276 g/mol. The fraction of sp³-hybridized carbons (Fsp3) is 0.222. The van der Waals surface area contributed by atoms with Crippen LogP contribution in [0.4, 0.5) is 0 Å². The molecule has 4 nitrogen and oxygen atoms in total. The van der Waals surface area contributed by atoms with E-state index in [-0.39, 0.29) is 5.91 Å². The standard InChI is InChI=1S/C18H20N2O2/c1-22-17-12-10-15(11-13-17)8-5-9-18(21)20-19-14-16-6-3-2-4-7-16/h2-4,6-7,10-14H,5,8-9H2,1H3,(H,20,21)/b19-14+. The smallest absolute Gasteiger partial charge is 0.240 e. The van der Waals surface area contributed by atoms with Crippen molar-refractivity contribution in [2.45, 2.75) is 19.3 Å². The van der Waals surface area contributed by atoms with Gasteiger partial charge in [0.25, 0.3) is 0 Å². The molecule has 1 N–H and O–H groups in total. The number of hydrazone groups is 1. The predicted octanol–water partition coefficient (Wildman–Crippen LogP) is 3.17. The third-order valence-electron chi connectivity index (χ3n) is 3.23. The van der Waals surface area contributed by atoms with Gasteiger partial charge in [0, 0.05) is 6.42 Å². The number of ether oxygens (including phenoxy) is 1. The normalized spacial score (nSPS) is 10.6. The summed E-state index contributed by atoms with van der Waals surface area (Å²) in [7, 11) is 1.65. The average Bonchev–Trinajstić information content (AvgIpc) is 2.56. The minimum atomic E-state index is -0.0688. The van der Waals surface area contributed by atoms with E-state index in [1.807, 2.05) is 54.6 Å². The molecule has 2 rings (SSSR count). The quantitative estimate of drug-likeness (QED) is 0.630. The van der Waals surface area contributed by atoms with E-state index in [9.17, 15) is 4.79 Å². The molecule has 0 aliphatic carbocycles. The van der Waals surface area contributed by atoms with Gasteiger partial charge in [0.05, 0.1) is 13.3 Å². The van der Waals surface area contributed by atoms with E-state index < -0.39 is 0 Å². The highest BCUT2D eigenvalue weighted by molar-refractivity contribution is 5.82. The van der Waals surface area contributed by atoms with Gasteiger partial charge in [-0.3, -0.25) is 4.79 Å². The Morgan fingerprint density at radius 1 is 1.14 bits per heavy atom. The van der Waals surface area contributed by atoms with Crippen LogP contribution in [-0.4, -0.2) is 19.2 Å². The SMILES string of the molecule is COc1ccc(CCCC(=O)N/N=C/c2ccccc2)cc1. The van der Waals surface area contributed by atoms with Crippen LogP contribution in [0.25, 0.3) is 0 Å². The molecule has 114 valence electrons. The third kappa shape index (κ3) is 5.40. The minimum absolute atomic E-state index is 0.0688.